The first-order valence-corrected chi connectivity index (χ1v) is 15.5. The lowest BCUT2D eigenvalue weighted by Gasteiger charge is -2.49. The van der Waals surface area contributed by atoms with Gasteiger partial charge in [0, 0.05) is 12.1 Å². The third-order valence-electron chi connectivity index (χ3n) is 7.27. The van der Waals surface area contributed by atoms with Crippen molar-refractivity contribution in [2.24, 2.45) is 0 Å². The van der Waals surface area contributed by atoms with E-state index in [1.54, 1.807) is 20.8 Å². The Morgan fingerprint density at radius 3 is 2.27 bits per heavy atom. The first-order valence-electron chi connectivity index (χ1n) is 14.1. The van der Waals surface area contributed by atoms with E-state index in [-0.39, 0.29) is 29.5 Å². The molecule has 2 aromatic carbocycles. The Labute approximate surface area is 257 Å². The number of alkyl carbamates (subject to hydrolysis) is 1. The van der Waals surface area contributed by atoms with E-state index >= 15 is 0 Å². The maximum Gasteiger partial charge on any atom is 0.408 e. The Kier molecular flexibility index (Phi) is 8.69. The number of hydrogen-bond donors (Lipinski definition) is 1. The van der Waals surface area contributed by atoms with Crippen molar-refractivity contribution in [1.82, 2.24) is 15.1 Å². The van der Waals surface area contributed by atoms with Gasteiger partial charge in [0.2, 0.25) is 0 Å². The number of fused-ring (bicyclic) bond motifs is 1. The summed E-state index contributed by atoms with van der Waals surface area (Å²) in [6.07, 6.45) is 0.113. The summed E-state index contributed by atoms with van der Waals surface area (Å²) in [5, 5.41) is 10.5. The molecule has 12 heteroatoms. The molecule has 0 saturated carbocycles. The molecule has 228 valence electrons. The number of amides is 3. The quantitative estimate of drug-likeness (QED) is 0.216. The van der Waals surface area contributed by atoms with Crippen LogP contribution in [0.5, 0.6) is 0 Å². The number of nitrogens with zero attached hydrogens (tertiary/aromatic N) is 3. The van der Waals surface area contributed by atoms with E-state index in [2.05, 4.69) is 5.32 Å². The molecule has 0 spiro atoms. The Morgan fingerprint density at radius 2 is 1.70 bits per heavy atom. The van der Waals surface area contributed by atoms with Gasteiger partial charge in [0.25, 0.3) is 11.8 Å². The number of allylic oxidation sites excluding steroid dienone is 1. The average molecular weight is 617 g/mol. The van der Waals surface area contributed by atoms with Gasteiger partial charge in [0.05, 0.1) is 22.6 Å². The van der Waals surface area contributed by atoms with Crippen LogP contribution in [-0.2, 0) is 34.7 Å². The van der Waals surface area contributed by atoms with E-state index in [0.29, 0.717) is 29.7 Å². The molecule has 2 fully saturated rings. The lowest BCUT2D eigenvalue weighted by molar-refractivity contribution is -0.153. The molecule has 0 aromatic heterocycles. The molecule has 11 nitrogen and oxygen atoms in total. The molecule has 2 saturated heterocycles. The SMILES string of the molecule is CC(C)(C)OC(=O)N[C@@H]1C(=O)N2C(C(=O)OC(c3ccccc3)c3ccccc3)=C(/C=C3\CCN(CC#N)C3=O)C[S@](=O)[C@H]12. The van der Waals surface area contributed by atoms with Gasteiger partial charge in [-0.1, -0.05) is 60.7 Å². The smallest absolute Gasteiger partial charge is 0.408 e. The number of hydrogen-bond acceptors (Lipinski definition) is 8. The second kappa shape index (κ2) is 12.5. The summed E-state index contributed by atoms with van der Waals surface area (Å²) in [4.78, 5) is 55.5. The molecule has 3 aliphatic rings. The number of carbonyl (C=O) groups excluding carboxylic acids is 4. The van der Waals surface area contributed by atoms with Crippen LogP contribution in [0.4, 0.5) is 4.79 Å². The zero-order valence-corrected chi connectivity index (χ0v) is 25.3. The van der Waals surface area contributed by atoms with Crippen LogP contribution in [0.25, 0.3) is 0 Å². The average Bonchev–Trinajstić information content (AvgIpc) is 3.32. The fourth-order valence-electron chi connectivity index (χ4n) is 5.33. The standard InChI is InChI=1S/C32H32N4O7S/c1-32(2,3)43-31(40)34-24-28(38)36-25(23(19-44(41)29(24)36)18-22-14-16-35(17-15-33)27(22)37)30(39)42-26(20-10-6-4-7-11-20)21-12-8-5-9-13-21/h4-13,18,24,26,29H,14,16-17,19H2,1-3H3,(H,34,40)/b22-18+/t24-,29-,44+/m1/s1. The summed E-state index contributed by atoms with van der Waals surface area (Å²) in [7, 11) is -1.75. The molecule has 0 aliphatic carbocycles. The van der Waals surface area contributed by atoms with Crippen LogP contribution in [0.1, 0.15) is 44.4 Å². The van der Waals surface area contributed by atoms with Crippen molar-refractivity contribution in [3.63, 3.8) is 0 Å². The molecule has 2 aromatic rings. The Bertz CT molecular complexity index is 1570. The molecular formula is C32H32N4O7S. The fourth-order valence-corrected chi connectivity index (χ4v) is 6.96. The number of ether oxygens (including phenoxy) is 2. The maximum atomic E-state index is 14.1. The topological polar surface area (TPSA) is 146 Å². The lowest BCUT2D eigenvalue weighted by Crippen LogP contribution is -2.73. The molecule has 3 aliphatic heterocycles. The zero-order valence-electron chi connectivity index (χ0n) is 24.5. The van der Waals surface area contributed by atoms with E-state index in [1.807, 2.05) is 66.7 Å². The summed E-state index contributed by atoms with van der Waals surface area (Å²) in [5.41, 5.74) is 0.957. The van der Waals surface area contributed by atoms with Gasteiger partial charge in [0.1, 0.15) is 29.3 Å². The van der Waals surface area contributed by atoms with Gasteiger partial charge < -0.3 is 19.7 Å². The van der Waals surface area contributed by atoms with Gasteiger partial charge in [-0.15, -0.1) is 0 Å². The first-order chi connectivity index (χ1) is 21.0. The van der Waals surface area contributed by atoms with Crippen molar-refractivity contribution in [2.45, 2.75) is 50.3 Å². The minimum atomic E-state index is -1.75. The van der Waals surface area contributed by atoms with Crippen LogP contribution < -0.4 is 5.32 Å². The van der Waals surface area contributed by atoms with Crippen molar-refractivity contribution in [3.8, 4) is 6.07 Å². The number of nitriles is 1. The Balaban J connectivity index is 1.53. The molecule has 0 unspecified atom stereocenters. The number of carbonyl (C=O) groups is 4. The van der Waals surface area contributed by atoms with Gasteiger partial charge >= 0.3 is 12.1 Å². The number of esters is 1. The van der Waals surface area contributed by atoms with Gasteiger partial charge in [-0.3, -0.25) is 18.7 Å². The largest absolute Gasteiger partial charge is 0.448 e. The highest BCUT2D eigenvalue weighted by atomic mass is 32.2. The molecule has 0 bridgehead atoms. The van der Waals surface area contributed by atoms with Gasteiger partial charge in [-0.2, -0.15) is 5.26 Å². The molecule has 1 N–H and O–H groups in total. The van der Waals surface area contributed by atoms with Crippen LogP contribution in [0.15, 0.2) is 83.6 Å². The maximum absolute atomic E-state index is 14.1. The summed E-state index contributed by atoms with van der Waals surface area (Å²) in [6, 6.07) is 19.0. The Hall–Kier alpha value is -4.76. The van der Waals surface area contributed by atoms with Gasteiger partial charge in [-0.05, 0) is 50.0 Å². The minimum Gasteiger partial charge on any atom is -0.448 e. The highest BCUT2D eigenvalue weighted by molar-refractivity contribution is 7.86. The van der Waals surface area contributed by atoms with E-state index in [1.165, 1.54) is 11.0 Å². The Morgan fingerprint density at radius 1 is 1.09 bits per heavy atom. The monoisotopic (exact) mass is 616 g/mol. The van der Waals surface area contributed by atoms with Crippen LogP contribution in [0.3, 0.4) is 0 Å². The second-order valence-electron chi connectivity index (χ2n) is 11.5. The van der Waals surface area contributed by atoms with Crippen molar-refractivity contribution in [2.75, 3.05) is 18.8 Å². The molecule has 3 amide bonds. The first kappa shape index (κ1) is 30.7. The second-order valence-corrected chi connectivity index (χ2v) is 13.1. The highest BCUT2D eigenvalue weighted by Crippen LogP contribution is 2.38. The predicted molar refractivity (Wildman–Crippen MR) is 160 cm³/mol. The van der Waals surface area contributed by atoms with Crippen molar-refractivity contribution >= 4 is 34.7 Å². The molecule has 44 heavy (non-hydrogen) atoms. The number of benzene rings is 2. The van der Waals surface area contributed by atoms with E-state index in [0.717, 1.165) is 4.90 Å². The molecule has 0 radical (unpaired) electrons. The zero-order chi connectivity index (χ0) is 31.6. The van der Waals surface area contributed by atoms with Crippen LogP contribution in [0.2, 0.25) is 0 Å². The van der Waals surface area contributed by atoms with Gasteiger partial charge in [-0.25, -0.2) is 9.59 Å². The van der Waals surface area contributed by atoms with E-state index < -0.39 is 51.9 Å². The van der Waals surface area contributed by atoms with Crippen molar-refractivity contribution in [1.29, 1.82) is 5.26 Å². The minimum absolute atomic E-state index is 0.0867. The summed E-state index contributed by atoms with van der Waals surface area (Å²) >= 11 is 0. The van der Waals surface area contributed by atoms with Gasteiger partial charge in [0.15, 0.2) is 6.10 Å². The van der Waals surface area contributed by atoms with Crippen LogP contribution in [-0.4, -0.2) is 73.7 Å². The molecule has 5 rings (SSSR count). The van der Waals surface area contributed by atoms with E-state index in [4.69, 9.17) is 14.7 Å². The fraction of sp³-hybridized carbons (Fsp3) is 0.344. The number of rotatable bonds is 7. The summed E-state index contributed by atoms with van der Waals surface area (Å²) < 4.78 is 24.9. The molecular weight excluding hydrogens is 584 g/mol. The summed E-state index contributed by atoms with van der Waals surface area (Å²) in [5.74, 6) is -2.04. The normalized spacial score (nSPS) is 22.4. The van der Waals surface area contributed by atoms with E-state index in [9.17, 15) is 23.4 Å². The summed E-state index contributed by atoms with van der Waals surface area (Å²) in [6.45, 7) is 5.26. The number of β-lactam (4-membered cyclic amide) rings is 1. The lowest BCUT2D eigenvalue weighted by atomic mass is 10.00. The van der Waals surface area contributed by atoms with Crippen molar-refractivity contribution in [3.05, 3.63) is 94.7 Å². The highest BCUT2D eigenvalue weighted by Gasteiger charge is 2.57. The molecule has 3 atom stereocenters. The van der Waals surface area contributed by atoms with Crippen LogP contribution >= 0.6 is 0 Å². The number of likely N-dealkylation sites (tertiary alicyclic amines) is 1. The predicted octanol–water partition coefficient (Wildman–Crippen LogP) is 3.08. The van der Waals surface area contributed by atoms with Crippen LogP contribution in [0, 0.1) is 11.3 Å². The number of nitrogens with one attached hydrogen (secondary N) is 1. The molecule has 3 heterocycles. The van der Waals surface area contributed by atoms with Crippen molar-refractivity contribution < 1.29 is 32.9 Å². The third kappa shape index (κ3) is 6.28. The third-order valence-corrected chi connectivity index (χ3v) is 8.89.